The Bertz CT molecular complexity index is 1190. The van der Waals surface area contributed by atoms with E-state index in [1.54, 1.807) is 48.5 Å². The van der Waals surface area contributed by atoms with Crippen LogP contribution in [0.2, 0.25) is 0 Å². The molecule has 1 heterocycles. The molecule has 2 N–H and O–H groups in total. The van der Waals surface area contributed by atoms with Gasteiger partial charge in [0, 0.05) is 13.0 Å². The van der Waals surface area contributed by atoms with Crippen LogP contribution in [0.25, 0.3) is 0 Å². The molecular weight excluding hydrogens is 442 g/mol. The molecule has 0 fully saturated rings. The van der Waals surface area contributed by atoms with Gasteiger partial charge in [0.1, 0.15) is 5.76 Å². The number of hydrogen-bond acceptors (Lipinski definition) is 5. The molecule has 0 saturated heterocycles. The van der Waals surface area contributed by atoms with Crippen LogP contribution in [-0.4, -0.2) is 33.0 Å². The highest BCUT2D eigenvalue weighted by Gasteiger charge is 2.18. The number of furan rings is 1. The molecule has 9 heteroatoms. The number of carbonyl (C=O) groups is 2. The summed E-state index contributed by atoms with van der Waals surface area (Å²) in [5.74, 6) is -0.0301. The summed E-state index contributed by atoms with van der Waals surface area (Å²) in [6.07, 6.45) is 3.09. The van der Waals surface area contributed by atoms with E-state index in [-0.39, 0.29) is 31.3 Å². The Kier molecular flexibility index (Phi) is 7.89. The number of hydrogen-bond donors (Lipinski definition) is 2. The number of sulfonamides is 1. The number of anilines is 2. The highest BCUT2D eigenvalue weighted by molar-refractivity contribution is 7.92. The molecule has 1 aromatic heterocycles. The van der Waals surface area contributed by atoms with E-state index in [4.69, 9.17) is 4.42 Å². The Morgan fingerprint density at radius 3 is 2.39 bits per heavy atom. The Labute approximate surface area is 193 Å². The lowest BCUT2D eigenvalue weighted by molar-refractivity contribution is -0.116. The average molecular weight is 470 g/mol. The third-order valence-electron chi connectivity index (χ3n) is 4.94. The smallest absolute Gasteiger partial charge is 0.253 e. The molecule has 0 atom stereocenters. The number of nitrogens with one attached hydrogen (secondary N) is 2. The average Bonchev–Trinajstić information content (AvgIpc) is 3.29. The summed E-state index contributed by atoms with van der Waals surface area (Å²) in [5.41, 5.74) is 2.30. The Morgan fingerprint density at radius 2 is 1.73 bits per heavy atom. The zero-order chi connectivity index (χ0) is 23.8. The number of amides is 2. The summed E-state index contributed by atoms with van der Waals surface area (Å²) in [6.45, 7) is 2.32. The van der Waals surface area contributed by atoms with Gasteiger partial charge in [-0.15, -0.1) is 0 Å². The number of aryl methyl sites for hydroxylation is 1. The second kappa shape index (κ2) is 10.8. The van der Waals surface area contributed by atoms with Crippen molar-refractivity contribution in [2.45, 2.75) is 26.3 Å². The van der Waals surface area contributed by atoms with Gasteiger partial charge in [-0.05, 0) is 49.7 Å². The summed E-state index contributed by atoms with van der Waals surface area (Å²) in [4.78, 5) is 25.1. The van der Waals surface area contributed by atoms with E-state index >= 15 is 0 Å². The fourth-order valence-electron chi connectivity index (χ4n) is 3.26. The Morgan fingerprint density at radius 1 is 1.00 bits per heavy atom. The molecule has 3 rings (SSSR count). The molecule has 0 saturated carbocycles. The van der Waals surface area contributed by atoms with Crippen molar-refractivity contribution in [1.82, 2.24) is 5.32 Å². The number of carbonyl (C=O) groups excluding carboxylic acids is 2. The van der Waals surface area contributed by atoms with Gasteiger partial charge in [-0.2, -0.15) is 0 Å². The minimum Gasteiger partial charge on any atom is -0.467 e. The van der Waals surface area contributed by atoms with Gasteiger partial charge in [0.05, 0.1) is 36.0 Å². The Hall–Kier alpha value is -3.59. The lowest BCUT2D eigenvalue weighted by Crippen LogP contribution is -2.31. The fourth-order valence-corrected chi connectivity index (χ4v) is 4.22. The molecule has 0 spiro atoms. The summed E-state index contributed by atoms with van der Waals surface area (Å²) in [5, 5.41) is 5.51. The zero-order valence-corrected chi connectivity index (χ0v) is 19.4. The summed E-state index contributed by atoms with van der Waals surface area (Å²) < 4.78 is 30.9. The maximum atomic E-state index is 12.6. The predicted octanol–water partition coefficient (Wildman–Crippen LogP) is 3.70. The topological polar surface area (TPSA) is 109 Å². The Balaban J connectivity index is 1.58. The normalized spacial score (nSPS) is 11.1. The van der Waals surface area contributed by atoms with Crippen LogP contribution >= 0.6 is 0 Å². The van der Waals surface area contributed by atoms with E-state index in [0.717, 1.165) is 11.8 Å². The highest BCUT2D eigenvalue weighted by Crippen LogP contribution is 2.20. The van der Waals surface area contributed by atoms with Crippen LogP contribution in [-0.2, 0) is 21.4 Å². The first-order chi connectivity index (χ1) is 15.7. The molecule has 2 amide bonds. The van der Waals surface area contributed by atoms with Crippen molar-refractivity contribution >= 4 is 33.2 Å². The standard InChI is InChI=1S/C24H27N3O5S/c1-18-11-13-19(14-12-18)27(33(2,30)31)15-5-10-23(28)26-22-9-4-3-8-21(22)24(29)25-17-20-7-6-16-32-20/h3-4,6-9,11-14,16H,5,10,15,17H2,1-2H3,(H,25,29)(H,26,28). The highest BCUT2D eigenvalue weighted by atomic mass is 32.2. The summed E-state index contributed by atoms with van der Waals surface area (Å²) >= 11 is 0. The van der Waals surface area contributed by atoms with Gasteiger partial charge in [0.15, 0.2) is 0 Å². The van der Waals surface area contributed by atoms with Crippen LogP contribution in [0, 0.1) is 6.92 Å². The van der Waals surface area contributed by atoms with E-state index < -0.39 is 10.0 Å². The maximum absolute atomic E-state index is 12.6. The van der Waals surface area contributed by atoms with Crippen molar-refractivity contribution in [3.63, 3.8) is 0 Å². The first-order valence-electron chi connectivity index (χ1n) is 10.5. The van der Waals surface area contributed by atoms with Gasteiger partial charge in [-0.25, -0.2) is 8.42 Å². The fraction of sp³-hybridized carbons (Fsp3) is 0.250. The van der Waals surface area contributed by atoms with E-state index in [1.165, 1.54) is 10.6 Å². The third-order valence-corrected chi connectivity index (χ3v) is 6.13. The molecule has 8 nitrogen and oxygen atoms in total. The molecule has 0 aliphatic carbocycles. The maximum Gasteiger partial charge on any atom is 0.253 e. The monoisotopic (exact) mass is 469 g/mol. The van der Waals surface area contributed by atoms with Crippen molar-refractivity contribution in [2.24, 2.45) is 0 Å². The first-order valence-corrected chi connectivity index (χ1v) is 12.3. The molecule has 0 unspecified atom stereocenters. The number of rotatable bonds is 10. The molecular formula is C24H27N3O5S. The largest absolute Gasteiger partial charge is 0.467 e. The van der Waals surface area contributed by atoms with Gasteiger partial charge in [0.2, 0.25) is 15.9 Å². The van der Waals surface area contributed by atoms with E-state index in [9.17, 15) is 18.0 Å². The summed E-state index contributed by atoms with van der Waals surface area (Å²) in [6, 6.07) is 17.4. The summed E-state index contributed by atoms with van der Waals surface area (Å²) in [7, 11) is -3.49. The van der Waals surface area contributed by atoms with E-state index in [0.29, 0.717) is 29.1 Å². The van der Waals surface area contributed by atoms with E-state index in [2.05, 4.69) is 10.6 Å². The third kappa shape index (κ3) is 6.95. The van der Waals surface area contributed by atoms with Crippen molar-refractivity contribution < 1.29 is 22.4 Å². The van der Waals surface area contributed by atoms with Crippen LogP contribution in [0.15, 0.2) is 71.3 Å². The zero-order valence-electron chi connectivity index (χ0n) is 18.6. The molecule has 2 aromatic carbocycles. The molecule has 0 radical (unpaired) electrons. The SMILES string of the molecule is Cc1ccc(N(CCCC(=O)Nc2ccccc2C(=O)NCc2ccco2)S(C)(=O)=O)cc1. The van der Waals surface area contributed by atoms with Crippen LogP contribution in [0.1, 0.15) is 34.5 Å². The number of benzene rings is 2. The molecule has 0 aliphatic rings. The van der Waals surface area contributed by atoms with Crippen molar-refractivity contribution in [2.75, 3.05) is 22.4 Å². The van der Waals surface area contributed by atoms with Gasteiger partial charge in [-0.3, -0.25) is 13.9 Å². The molecule has 174 valence electrons. The first kappa shape index (κ1) is 24.1. The van der Waals surface area contributed by atoms with Gasteiger partial charge in [-0.1, -0.05) is 29.8 Å². The van der Waals surface area contributed by atoms with Crippen LogP contribution in [0.4, 0.5) is 11.4 Å². The second-order valence-corrected chi connectivity index (χ2v) is 9.54. The molecule has 0 aliphatic heterocycles. The van der Waals surface area contributed by atoms with Crippen LogP contribution < -0.4 is 14.9 Å². The van der Waals surface area contributed by atoms with Gasteiger partial charge in [0.25, 0.3) is 5.91 Å². The minimum atomic E-state index is -3.49. The molecule has 33 heavy (non-hydrogen) atoms. The van der Waals surface area contributed by atoms with Crippen molar-refractivity contribution in [3.05, 3.63) is 83.8 Å². The number of para-hydroxylation sites is 1. The predicted molar refractivity (Wildman–Crippen MR) is 128 cm³/mol. The lowest BCUT2D eigenvalue weighted by Gasteiger charge is -2.22. The van der Waals surface area contributed by atoms with Gasteiger partial charge < -0.3 is 15.1 Å². The number of nitrogens with zero attached hydrogens (tertiary/aromatic N) is 1. The lowest BCUT2D eigenvalue weighted by atomic mass is 10.1. The van der Waals surface area contributed by atoms with Crippen LogP contribution in [0.3, 0.4) is 0 Å². The van der Waals surface area contributed by atoms with E-state index in [1.807, 2.05) is 19.1 Å². The molecule has 0 bridgehead atoms. The second-order valence-electron chi connectivity index (χ2n) is 7.63. The van der Waals surface area contributed by atoms with Crippen molar-refractivity contribution in [3.8, 4) is 0 Å². The minimum absolute atomic E-state index is 0.0975. The van der Waals surface area contributed by atoms with Crippen LogP contribution in [0.5, 0.6) is 0 Å². The van der Waals surface area contributed by atoms with Crippen molar-refractivity contribution in [1.29, 1.82) is 0 Å². The quantitative estimate of drug-likeness (QED) is 0.471. The van der Waals surface area contributed by atoms with Gasteiger partial charge >= 0.3 is 0 Å². The molecule has 3 aromatic rings.